The second-order valence-corrected chi connectivity index (χ2v) is 4.42. The average Bonchev–Trinajstić information content (AvgIpc) is 2.61. The van der Waals surface area contributed by atoms with E-state index in [4.69, 9.17) is 10.5 Å². The third-order valence-electron chi connectivity index (χ3n) is 3.16. The Morgan fingerprint density at radius 1 is 1.22 bits per heavy atom. The molecule has 1 aromatic carbocycles. The third kappa shape index (κ3) is 1.74. The standard InChI is InChI=1S/C14H17FN2O/c1-8-7-11(15)14(18-4)10(3)13(8)17-9(2)5-6-12(17)16/h5-7H,16H2,1-4H3. The predicted molar refractivity (Wildman–Crippen MR) is 70.9 cm³/mol. The highest BCUT2D eigenvalue weighted by Gasteiger charge is 2.17. The summed E-state index contributed by atoms with van der Waals surface area (Å²) in [7, 11) is 1.47. The first-order valence-corrected chi connectivity index (χ1v) is 5.75. The second-order valence-electron chi connectivity index (χ2n) is 4.42. The van der Waals surface area contributed by atoms with E-state index in [2.05, 4.69) is 0 Å². The van der Waals surface area contributed by atoms with Crippen molar-refractivity contribution in [2.75, 3.05) is 12.8 Å². The maximum atomic E-state index is 13.8. The van der Waals surface area contributed by atoms with Crippen LogP contribution in [-0.4, -0.2) is 11.7 Å². The molecule has 2 rings (SSSR count). The Balaban J connectivity index is 2.80. The van der Waals surface area contributed by atoms with Crippen LogP contribution in [0.25, 0.3) is 5.69 Å². The number of hydrogen-bond donors (Lipinski definition) is 1. The Morgan fingerprint density at radius 3 is 2.39 bits per heavy atom. The predicted octanol–water partition coefficient (Wildman–Crippen LogP) is 3.13. The summed E-state index contributed by atoms with van der Waals surface area (Å²) in [6, 6.07) is 5.24. The van der Waals surface area contributed by atoms with Gasteiger partial charge in [-0.2, -0.15) is 0 Å². The van der Waals surface area contributed by atoms with E-state index >= 15 is 0 Å². The minimum Gasteiger partial charge on any atom is -0.493 e. The summed E-state index contributed by atoms with van der Waals surface area (Å²) in [5.41, 5.74) is 9.44. The molecule has 4 heteroatoms. The highest BCUT2D eigenvalue weighted by molar-refractivity contribution is 5.59. The zero-order chi connectivity index (χ0) is 13.4. The van der Waals surface area contributed by atoms with Gasteiger partial charge < -0.3 is 15.0 Å². The summed E-state index contributed by atoms with van der Waals surface area (Å²) >= 11 is 0. The molecule has 2 aromatic rings. The number of hydrogen-bond acceptors (Lipinski definition) is 2. The van der Waals surface area contributed by atoms with Crippen molar-refractivity contribution in [3.05, 3.63) is 40.8 Å². The summed E-state index contributed by atoms with van der Waals surface area (Å²) in [5, 5.41) is 0. The van der Waals surface area contributed by atoms with Gasteiger partial charge in [0.1, 0.15) is 5.82 Å². The van der Waals surface area contributed by atoms with Gasteiger partial charge in [-0.15, -0.1) is 0 Å². The lowest BCUT2D eigenvalue weighted by atomic mass is 10.1. The van der Waals surface area contributed by atoms with Gasteiger partial charge in [0, 0.05) is 11.3 Å². The summed E-state index contributed by atoms with van der Waals surface area (Å²) < 4.78 is 20.8. The van der Waals surface area contributed by atoms with Crippen molar-refractivity contribution in [3.63, 3.8) is 0 Å². The Morgan fingerprint density at radius 2 is 1.89 bits per heavy atom. The molecule has 0 saturated carbocycles. The third-order valence-corrected chi connectivity index (χ3v) is 3.16. The molecule has 0 bridgehead atoms. The van der Waals surface area contributed by atoms with Gasteiger partial charge in [0.25, 0.3) is 0 Å². The summed E-state index contributed by atoms with van der Waals surface area (Å²) in [4.78, 5) is 0. The Bertz CT molecular complexity index is 583. The maximum Gasteiger partial charge on any atom is 0.165 e. The van der Waals surface area contributed by atoms with Crippen LogP contribution in [0.1, 0.15) is 16.8 Å². The minimum absolute atomic E-state index is 0.267. The van der Waals surface area contributed by atoms with Gasteiger partial charge in [-0.05, 0) is 44.5 Å². The van der Waals surface area contributed by atoms with E-state index in [0.717, 1.165) is 22.5 Å². The smallest absolute Gasteiger partial charge is 0.165 e. The molecule has 18 heavy (non-hydrogen) atoms. The van der Waals surface area contributed by atoms with Gasteiger partial charge in [0.2, 0.25) is 0 Å². The number of halogens is 1. The van der Waals surface area contributed by atoms with Gasteiger partial charge in [-0.1, -0.05) is 0 Å². The first kappa shape index (κ1) is 12.5. The van der Waals surface area contributed by atoms with Crippen molar-refractivity contribution in [2.45, 2.75) is 20.8 Å². The Hall–Kier alpha value is -1.97. The van der Waals surface area contributed by atoms with Crippen LogP contribution in [0.2, 0.25) is 0 Å². The van der Waals surface area contributed by atoms with Crippen LogP contribution < -0.4 is 10.5 Å². The van der Waals surface area contributed by atoms with Crippen LogP contribution in [0.5, 0.6) is 5.75 Å². The van der Waals surface area contributed by atoms with Crippen LogP contribution in [0, 0.1) is 26.6 Å². The summed E-state index contributed by atoms with van der Waals surface area (Å²) in [5.74, 6) is 0.551. The van der Waals surface area contributed by atoms with Crippen LogP contribution in [0.15, 0.2) is 18.2 Å². The number of aromatic nitrogens is 1. The number of nitrogens with two attached hydrogens (primary N) is 1. The molecule has 96 valence electrons. The van der Waals surface area contributed by atoms with Crippen molar-refractivity contribution >= 4 is 5.82 Å². The van der Waals surface area contributed by atoms with Crippen LogP contribution in [-0.2, 0) is 0 Å². The van der Waals surface area contributed by atoms with Gasteiger partial charge in [-0.25, -0.2) is 4.39 Å². The van der Waals surface area contributed by atoms with Gasteiger partial charge in [0.15, 0.2) is 11.6 Å². The molecule has 0 aliphatic carbocycles. The molecular weight excluding hydrogens is 231 g/mol. The monoisotopic (exact) mass is 248 g/mol. The fraction of sp³-hybridized carbons (Fsp3) is 0.286. The van der Waals surface area contributed by atoms with E-state index in [9.17, 15) is 4.39 Å². The lowest BCUT2D eigenvalue weighted by Gasteiger charge is -2.18. The topological polar surface area (TPSA) is 40.2 Å². The highest BCUT2D eigenvalue weighted by Crippen LogP contribution is 2.33. The lowest BCUT2D eigenvalue weighted by Crippen LogP contribution is -2.08. The molecule has 0 fully saturated rings. The molecule has 0 unspecified atom stereocenters. The first-order valence-electron chi connectivity index (χ1n) is 5.75. The van der Waals surface area contributed by atoms with Crippen molar-refractivity contribution in [3.8, 4) is 11.4 Å². The molecule has 0 atom stereocenters. The van der Waals surface area contributed by atoms with E-state index in [0.29, 0.717) is 5.82 Å². The zero-order valence-corrected chi connectivity index (χ0v) is 11.0. The molecule has 0 spiro atoms. The molecule has 0 amide bonds. The largest absolute Gasteiger partial charge is 0.493 e. The number of methoxy groups -OCH3 is 1. The summed E-state index contributed by atoms with van der Waals surface area (Å²) in [6.45, 7) is 5.66. The van der Waals surface area contributed by atoms with Gasteiger partial charge in [-0.3, -0.25) is 0 Å². The first-order chi connectivity index (χ1) is 8.47. The van der Waals surface area contributed by atoms with E-state index in [-0.39, 0.29) is 11.6 Å². The fourth-order valence-electron chi connectivity index (χ4n) is 2.37. The number of ether oxygens (including phenoxy) is 1. The lowest BCUT2D eigenvalue weighted by molar-refractivity contribution is 0.383. The molecule has 2 N–H and O–H groups in total. The van der Waals surface area contributed by atoms with Gasteiger partial charge >= 0.3 is 0 Å². The molecule has 0 aliphatic heterocycles. The zero-order valence-electron chi connectivity index (χ0n) is 11.0. The second kappa shape index (κ2) is 4.37. The summed E-state index contributed by atoms with van der Waals surface area (Å²) in [6.07, 6.45) is 0. The van der Waals surface area contributed by atoms with Crippen molar-refractivity contribution in [2.24, 2.45) is 0 Å². The molecule has 0 radical (unpaired) electrons. The number of aryl methyl sites for hydroxylation is 2. The van der Waals surface area contributed by atoms with Crippen molar-refractivity contribution in [1.29, 1.82) is 0 Å². The SMILES string of the molecule is COc1c(F)cc(C)c(-n2c(C)ccc2N)c1C. The number of anilines is 1. The van der Waals surface area contributed by atoms with Crippen LogP contribution in [0.4, 0.5) is 10.2 Å². The molecule has 1 aromatic heterocycles. The molecule has 0 saturated heterocycles. The average molecular weight is 248 g/mol. The molecule has 3 nitrogen and oxygen atoms in total. The Labute approximate surface area is 106 Å². The molecule has 0 aliphatic rings. The Kier molecular flexibility index (Phi) is 3.03. The van der Waals surface area contributed by atoms with Gasteiger partial charge in [0.05, 0.1) is 12.8 Å². The van der Waals surface area contributed by atoms with Crippen LogP contribution in [0.3, 0.4) is 0 Å². The van der Waals surface area contributed by atoms with Crippen LogP contribution >= 0.6 is 0 Å². The van der Waals surface area contributed by atoms with Crippen molar-refractivity contribution in [1.82, 2.24) is 4.57 Å². The van der Waals surface area contributed by atoms with E-state index in [1.165, 1.54) is 13.2 Å². The van der Waals surface area contributed by atoms with Crippen molar-refractivity contribution < 1.29 is 9.13 Å². The minimum atomic E-state index is -0.348. The fourth-order valence-corrected chi connectivity index (χ4v) is 2.37. The quantitative estimate of drug-likeness (QED) is 0.887. The number of benzene rings is 1. The molecular formula is C14H17FN2O. The highest BCUT2D eigenvalue weighted by atomic mass is 19.1. The normalized spacial score (nSPS) is 10.7. The van der Waals surface area contributed by atoms with E-state index < -0.39 is 0 Å². The molecule has 1 heterocycles. The number of rotatable bonds is 2. The van der Waals surface area contributed by atoms with E-state index in [1.807, 2.05) is 37.5 Å². The maximum absolute atomic E-state index is 13.8. The number of nitrogens with zero attached hydrogens (tertiary/aromatic N) is 1. The number of nitrogen functional groups attached to an aromatic ring is 1. The van der Waals surface area contributed by atoms with E-state index in [1.54, 1.807) is 0 Å².